The molecule has 3 heterocycles. The molecule has 1 fully saturated rings. The monoisotopic (exact) mass is 427 g/mol. The molecule has 0 spiro atoms. The summed E-state index contributed by atoms with van der Waals surface area (Å²) >= 11 is 6.04. The summed E-state index contributed by atoms with van der Waals surface area (Å²) in [5.74, 6) is -0.148. The van der Waals surface area contributed by atoms with E-state index in [9.17, 15) is 4.79 Å². The summed E-state index contributed by atoms with van der Waals surface area (Å²) in [4.78, 5) is 17.5. The average Bonchev–Trinajstić information content (AvgIpc) is 3.18. The van der Waals surface area contributed by atoms with E-state index in [2.05, 4.69) is 20.7 Å². The van der Waals surface area contributed by atoms with Gasteiger partial charge in [0.2, 0.25) is 0 Å². The number of amides is 1. The Morgan fingerprint density at radius 1 is 1.30 bits per heavy atom. The van der Waals surface area contributed by atoms with Gasteiger partial charge in [0.15, 0.2) is 5.65 Å². The lowest BCUT2D eigenvalue weighted by Crippen LogP contribution is -2.31. The number of rotatable bonds is 7. The van der Waals surface area contributed by atoms with Gasteiger partial charge in [-0.3, -0.25) is 4.79 Å². The molecule has 0 radical (unpaired) electrons. The first-order valence-electron chi connectivity index (χ1n) is 10.4. The SMILES string of the molecule is CCn1ncc2c(NC3CCOCC3)c(C(=O)NCCc3cccc(Cl)c3)cnc21. The molecule has 0 atom stereocenters. The number of carbonyl (C=O) groups excluding carboxylic acids is 1. The number of nitrogens with one attached hydrogen (secondary N) is 2. The van der Waals surface area contributed by atoms with Crippen LogP contribution in [0, 0.1) is 0 Å². The van der Waals surface area contributed by atoms with E-state index in [0.29, 0.717) is 23.6 Å². The van der Waals surface area contributed by atoms with Crippen molar-refractivity contribution in [2.75, 3.05) is 25.1 Å². The van der Waals surface area contributed by atoms with Gasteiger partial charge in [-0.05, 0) is 43.9 Å². The zero-order valence-corrected chi connectivity index (χ0v) is 17.8. The number of benzene rings is 1. The highest BCUT2D eigenvalue weighted by molar-refractivity contribution is 6.30. The van der Waals surface area contributed by atoms with Crippen LogP contribution in [0.4, 0.5) is 5.69 Å². The summed E-state index contributed by atoms with van der Waals surface area (Å²) in [6, 6.07) is 7.93. The third kappa shape index (κ3) is 4.57. The maximum atomic E-state index is 13.0. The van der Waals surface area contributed by atoms with Gasteiger partial charge in [0.1, 0.15) is 0 Å². The first kappa shape index (κ1) is 20.6. The van der Waals surface area contributed by atoms with Crippen molar-refractivity contribution in [1.82, 2.24) is 20.1 Å². The van der Waals surface area contributed by atoms with E-state index in [1.54, 1.807) is 12.4 Å². The van der Waals surface area contributed by atoms with Crippen molar-refractivity contribution in [1.29, 1.82) is 0 Å². The number of nitrogens with zero attached hydrogens (tertiary/aromatic N) is 3. The maximum absolute atomic E-state index is 13.0. The molecule has 1 aromatic carbocycles. The summed E-state index contributed by atoms with van der Waals surface area (Å²) in [7, 11) is 0. The molecule has 0 unspecified atom stereocenters. The Hall–Kier alpha value is -2.64. The van der Waals surface area contributed by atoms with Crippen LogP contribution in [-0.2, 0) is 17.7 Å². The number of hydrogen-bond acceptors (Lipinski definition) is 5. The van der Waals surface area contributed by atoms with Gasteiger partial charge in [-0.15, -0.1) is 0 Å². The Balaban J connectivity index is 1.55. The Bertz CT molecular complexity index is 1030. The van der Waals surface area contributed by atoms with E-state index >= 15 is 0 Å². The second-order valence-electron chi connectivity index (χ2n) is 7.41. The molecule has 1 aliphatic heterocycles. The van der Waals surface area contributed by atoms with Crippen molar-refractivity contribution in [2.24, 2.45) is 0 Å². The number of halogens is 1. The van der Waals surface area contributed by atoms with Crippen molar-refractivity contribution in [3.8, 4) is 0 Å². The number of pyridine rings is 1. The van der Waals surface area contributed by atoms with Crippen LogP contribution in [0.25, 0.3) is 11.0 Å². The molecule has 4 rings (SSSR count). The molecule has 1 amide bonds. The van der Waals surface area contributed by atoms with Crippen LogP contribution in [0.2, 0.25) is 5.02 Å². The van der Waals surface area contributed by atoms with Crippen molar-refractivity contribution >= 4 is 34.2 Å². The van der Waals surface area contributed by atoms with Crippen LogP contribution in [0.1, 0.15) is 35.7 Å². The second-order valence-corrected chi connectivity index (χ2v) is 7.85. The number of anilines is 1. The largest absolute Gasteiger partial charge is 0.381 e. The number of ether oxygens (including phenoxy) is 1. The Morgan fingerprint density at radius 2 is 2.13 bits per heavy atom. The van der Waals surface area contributed by atoms with Gasteiger partial charge in [-0.2, -0.15) is 5.10 Å². The van der Waals surface area contributed by atoms with Crippen LogP contribution >= 0.6 is 11.6 Å². The Labute approximate surface area is 180 Å². The molecule has 158 valence electrons. The fourth-order valence-corrected chi connectivity index (χ4v) is 3.95. The Morgan fingerprint density at radius 3 is 2.90 bits per heavy atom. The van der Waals surface area contributed by atoms with Crippen LogP contribution in [-0.4, -0.2) is 46.5 Å². The van der Waals surface area contributed by atoms with Crippen molar-refractivity contribution in [3.63, 3.8) is 0 Å². The van der Waals surface area contributed by atoms with Crippen LogP contribution in [0.3, 0.4) is 0 Å². The molecule has 8 heteroatoms. The van der Waals surface area contributed by atoms with Crippen LogP contribution in [0.5, 0.6) is 0 Å². The number of carbonyl (C=O) groups is 1. The molecular weight excluding hydrogens is 402 g/mol. The van der Waals surface area contributed by atoms with Gasteiger partial charge in [0.25, 0.3) is 5.91 Å². The highest BCUT2D eigenvalue weighted by Gasteiger charge is 2.22. The standard InChI is InChI=1S/C22H26ClN5O2/c1-2-28-21-18(14-26-28)20(27-17-7-10-30-11-8-17)19(13-25-21)22(29)24-9-6-15-4-3-5-16(23)12-15/h3-5,12-14,17H,2,6-11H2,1H3,(H,24,29)(H,25,27). The summed E-state index contributed by atoms with van der Waals surface area (Å²) in [6.07, 6.45) is 5.95. The predicted molar refractivity (Wildman–Crippen MR) is 118 cm³/mol. The van der Waals surface area contributed by atoms with E-state index < -0.39 is 0 Å². The first-order chi connectivity index (χ1) is 14.7. The molecule has 0 saturated carbocycles. The van der Waals surface area contributed by atoms with Gasteiger partial charge in [0, 0.05) is 43.6 Å². The normalized spacial score (nSPS) is 14.7. The van der Waals surface area contributed by atoms with Gasteiger partial charge in [-0.25, -0.2) is 9.67 Å². The number of aromatic nitrogens is 3. The van der Waals surface area contributed by atoms with Crippen LogP contribution < -0.4 is 10.6 Å². The van der Waals surface area contributed by atoms with E-state index in [-0.39, 0.29) is 11.9 Å². The Kier molecular flexibility index (Phi) is 6.50. The smallest absolute Gasteiger partial charge is 0.254 e. The van der Waals surface area contributed by atoms with E-state index in [4.69, 9.17) is 16.3 Å². The highest BCUT2D eigenvalue weighted by Crippen LogP contribution is 2.28. The topological polar surface area (TPSA) is 81.1 Å². The lowest BCUT2D eigenvalue weighted by molar-refractivity contribution is 0.0904. The maximum Gasteiger partial charge on any atom is 0.254 e. The van der Waals surface area contributed by atoms with E-state index in [1.807, 2.05) is 35.9 Å². The van der Waals surface area contributed by atoms with Gasteiger partial charge < -0.3 is 15.4 Å². The summed E-state index contributed by atoms with van der Waals surface area (Å²) < 4.78 is 7.31. The minimum atomic E-state index is -0.148. The fraction of sp³-hybridized carbons (Fsp3) is 0.409. The third-order valence-electron chi connectivity index (χ3n) is 5.37. The fourth-order valence-electron chi connectivity index (χ4n) is 3.74. The van der Waals surface area contributed by atoms with Gasteiger partial charge in [-0.1, -0.05) is 23.7 Å². The average molecular weight is 428 g/mol. The van der Waals surface area contributed by atoms with Crippen molar-refractivity contribution < 1.29 is 9.53 Å². The van der Waals surface area contributed by atoms with E-state index in [0.717, 1.165) is 54.9 Å². The minimum absolute atomic E-state index is 0.148. The number of fused-ring (bicyclic) bond motifs is 1. The molecule has 2 N–H and O–H groups in total. The van der Waals surface area contributed by atoms with Crippen LogP contribution in [0.15, 0.2) is 36.7 Å². The van der Waals surface area contributed by atoms with Crippen molar-refractivity contribution in [2.45, 2.75) is 38.8 Å². The third-order valence-corrected chi connectivity index (χ3v) is 5.60. The molecule has 1 aliphatic rings. The minimum Gasteiger partial charge on any atom is -0.381 e. The molecule has 30 heavy (non-hydrogen) atoms. The summed E-state index contributed by atoms with van der Waals surface area (Å²) in [6.45, 7) is 4.71. The molecule has 0 aliphatic carbocycles. The molecule has 7 nitrogen and oxygen atoms in total. The lowest BCUT2D eigenvalue weighted by atomic mass is 10.1. The lowest BCUT2D eigenvalue weighted by Gasteiger charge is -2.25. The van der Waals surface area contributed by atoms with Gasteiger partial charge >= 0.3 is 0 Å². The molecule has 0 bridgehead atoms. The summed E-state index contributed by atoms with van der Waals surface area (Å²) in [5.41, 5.74) is 3.20. The highest BCUT2D eigenvalue weighted by atomic mass is 35.5. The molecule has 1 saturated heterocycles. The quantitative estimate of drug-likeness (QED) is 0.601. The van der Waals surface area contributed by atoms with Crippen molar-refractivity contribution in [3.05, 3.63) is 52.8 Å². The zero-order chi connectivity index (χ0) is 20.9. The molecular formula is C22H26ClN5O2. The first-order valence-corrected chi connectivity index (χ1v) is 10.7. The number of hydrogen-bond donors (Lipinski definition) is 2. The summed E-state index contributed by atoms with van der Waals surface area (Å²) in [5, 5.41) is 12.6. The molecule has 3 aromatic rings. The second kappa shape index (κ2) is 9.45. The predicted octanol–water partition coefficient (Wildman–Crippen LogP) is 3.67. The molecule has 2 aromatic heterocycles. The van der Waals surface area contributed by atoms with Gasteiger partial charge in [0.05, 0.1) is 22.8 Å². The number of aryl methyl sites for hydroxylation is 1. The zero-order valence-electron chi connectivity index (χ0n) is 17.0. The van der Waals surface area contributed by atoms with E-state index in [1.165, 1.54) is 0 Å².